The second-order valence-electron chi connectivity index (χ2n) is 7.67. The third kappa shape index (κ3) is 2.12. The van der Waals surface area contributed by atoms with E-state index < -0.39 is 10.8 Å². The number of thioether (sulfide) groups is 2. The third-order valence-electron chi connectivity index (χ3n) is 6.81. The highest BCUT2D eigenvalue weighted by Gasteiger charge is 2.78. The highest BCUT2D eigenvalue weighted by Crippen LogP contribution is 2.73. The van der Waals surface area contributed by atoms with E-state index in [1.807, 2.05) is 65.7 Å². The van der Waals surface area contributed by atoms with Gasteiger partial charge in [-0.1, -0.05) is 30.3 Å². The molecule has 0 N–H and O–H groups in total. The number of benzene rings is 1. The molecule has 0 radical (unpaired) electrons. The molecule has 1 saturated carbocycles. The number of hydrogen-bond donors (Lipinski definition) is 0. The minimum atomic E-state index is -0.744. The van der Waals surface area contributed by atoms with Gasteiger partial charge >= 0.3 is 5.97 Å². The van der Waals surface area contributed by atoms with Crippen LogP contribution in [0.4, 0.5) is 0 Å². The van der Waals surface area contributed by atoms with E-state index in [0.717, 1.165) is 29.9 Å². The Hall–Kier alpha value is -1.14. The quantitative estimate of drug-likeness (QED) is 0.735. The smallest absolute Gasteiger partial charge is 0.314 e. The molecule has 3 fully saturated rings. The zero-order chi connectivity index (χ0) is 18.6. The van der Waals surface area contributed by atoms with Crippen LogP contribution in [0.25, 0.3) is 0 Å². The van der Waals surface area contributed by atoms with Gasteiger partial charge in [-0.2, -0.15) is 0 Å². The van der Waals surface area contributed by atoms with Gasteiger partial charge in [0, 0.05) is 18.1 Å². The van der Waals surface area contributed by atoms with Crippen molar-refractivity contribution < 1.29 is 14.3 Å². The van der Waals surface area contributed by atoms with Crippen LogP contribution in [0, 0.1) is 10.8 Å². The number of rotatable bonds is 3. The summed E-state index contributed by atoms with van der Waals surface area (Å²) >= 11 is 3.75. The van der Waals surface area contributed by atoms with Gasteiger partial charge in [0.25, 0.3) is 0 Å². The van der Waals surface area contributed by atoms with Gasteiger partial charge in [0.05, 0.1) is 22.6 Å². The molecule has 0 bridgehead atoms. The predicted octanol–water partition coefficient (Wildman–Crippen LogP) is 3.73. The highest BCUT2D eigenvalue weighted by molar-refractivity contribution is 8.21. The lowest BCUT2D eigenvalue weighted by atomic mass is 9.68. The molecule has 2 heterocycles. The van der Waals surface area contributed by atoms with Crippen LogP contribution in [-0.4, -0.2) is 46.0 Å². The van der Waals surface area contributed by atoms with Crippen LogP contribution in [0.5, 0.6) is 0 Å². The first-order valence-electron chi connectivity index (χ1n) is 9.14. The lowest BCUT2D eigenvalue weighted by Gasteiger charge is -2.41. The van der Waals surface area contributed by atoms with Crippen molar-refractivity contribution in [1.82, 2.24) is 4.90 Å². The van der Waals surface area contributed by atoms with Gasteiger partial charge in [-0.05, 0) is 32.3 Å². The molecular weight excluding hydrogens is 366 g/mol. The van der Waals surface area contributed by atoms with Gasteiger partial charge in [0.15, 0.2) is 0 Å². The summed E-state index contributed by atoms with van der Waals surface area (Å²) < 4.78 is 5.05. The number of nitrogens with zero attached hydrogens (tertiary/aromatic N) is 1. The highest BCUT2D eigenvalue weighted by atomic mass is 32.2. The molecule has 1 amide bonds. The second-order valence-corrected chi connectivity index (χ2v) is 10.7. The van der Waals surface area contributed by atoms with E-state index in [0.29, 0.717) is 6.54 Å². The number of esters is 1. The number of fused-ring (bicyclic) bond motifs is 2. The molecule has 6 heteroatoms. The molecule has 3 atom stereocenters. The van der Waals surface area contributed by atoms with Crippen molar-refractivity contribution in [3.8, 4) is 0 Å². The van der Waals surface area contributed by atoms with Crippen molar-refractivity contribution in [2.75, 3.05) is 25.2 Å². The molecule has 1 aromatic carbocycles. The lowest BCUT2D eigenvalue weighted by Crippen LogP contribution is -2.51. The van der Waals surface area contributed by atoms with Gasteiger partial charge in [0.2, 0.25) is 5.91 Å². The normalized spacial score (nSPS) is 33.5. The average molecular weight is 392 g/mol. The fourth-order valence-electron chi connectivity index (χ4n) is 5.18. The molecule has 0 aromatic heterocycles. The maximum absolute atomic E-state index is 13.8. The number of carbonyl (C=O) groups excluding carboxylic acids is 2. The van der Waals surface area contributed by atoms with Gasteiger partial charge in [-0.3, -0.25) is 9.59 Å². The largest absolute Gasteiger partial charge is 0.469 e. The van der Waals surface area contributed by atoms with E-state index in [2.05, 4.69) is 6.92 Å². The van der Waals surface area contributed by atoms with E-state index in [1.165, 1.54) is 7.11 Å². The predicted molar refractivity (Wildman–Crippen MR) is 106 cm³/mol. The van der Waals surface area contributed by atoms with Crippen LogP contribution in [0.2, 0.25) is 0 Å². The van der Waals surface area contributed by atoms with Crippen LogP contribution in [0.3, 0.4) is 0 Å². The minimum absolute atomic E-state index is 0.0545. The van der Waals surface area contributed by atoms with Gasteiger partial charge < -0.3 is 9.64 Å². The Labute approximate surface area is 163 Å². The number of carbonyl (C=O) groups is 2. The Morgan fingerprint density at radius 3 is 2.46 bits per heavy atom. The molecule has 3 aliphatic rings. The number of ether oxygens (including phenoxy) is 1. The third-order valence-corrected chi connectivity index (χ3v) is 10.7. The van der Waals surface area contributed by atoms with Crippen LogP contribution in [0.15, 0.2) is 30.3 Å². The molecule has 1 aliphatic carbocycles. The van der Waals surface area contributed by atoms with Crippen LogP contribution in [-0.2, 0) is 14.3 Å². The zero-order valence-corrected chi connectivity index (χ0v) is 17.1. The minimum Gasteiger partial charge on any atom is -0.469 e. The van der Waals surface area contributed by atoms with Crippen LogP contribution in [0.1, 0.15) is 38.3 Å². The number of methoxy groups -OCH3 is 1. The summed E-state index contributed by atoms with van der Waals surface area (Å²) in [6, 6.07) is 10.0. The van der Waals surface area contributed by atoms with Gasteiger partial charge in [0.1, 0.15) is 5.41 Å². The van der Waals surface area contributed by atoms with Crippen LogP contribution < -0.4 is 0 Å². The van der Waals surface area contributed by atoms with Crippen molar-refractivity contribution in [2.24, 2.45) is 10.8 Å². The fourth-order valence-corrected chi connectivity index (χ4v) is 8.97. The maximum atomic E-state index is 13.8. The van der Waals surface area contributed by atoms with Gasteiger partial charge in [-0.15, -0.1) is 23.5 Å². The lowest BCUT2D eigenvalue weighted by molar-refractivity contribution is -0.158. The van der Waals surface area contributed by atoms with Crippen molar-refractivity contribution >= 4 is 35.4 Å². The van der Waals surface area contributed by atoms with E-state index in [9.17, 15) is 9.59 Å². The summed E-state index contributed by atoms with van der Waals surface area (Å²) in [6.45, 7) is 4.54. The molecule has 4 rings (SSSR count). The summed E-state index contributed by atoms with van der Waals surface area (Å²) in [5.74, 6) is 1.97. The number of hydrogen-bond acceptors (Lipinski definition) is 5. The first-order chi connectivity index (χ1) is 12.4. The number of likely N-dealkylation sites (tertiary alicyclic amines) is 1. The molecule has 1 aromatic rings. The van der Waals surface area contributed by atoms with E-state index >= 15 is 0 Å². The Morgan fingerprint density at radius 1 is 1.19 bits per heavy atom. The fraction of sp³-hybridized carbons (Fsp3) is 0.600. The number of amides is 1. The van der Waals surface area contributed by atoms with E-state index in [1.54, 1.807) is 0 Å². The van der Waals surface area contributed by atoms with Crippen molar-refractivity contribution in [3.05, 3.63) is 35.9 Å². The van der Waals surface area contributed by atoms with E-state index in [4.69, 9.17) is 4.74 Å². The SMILES string of the molecule is COC(=O)[C@@]12CCC3(SCCS3)[C@@]1(C)C(=O)N([C@H](C)c1ccccc1)C2. The standard InChI is InChI=1S/C20H25NO3S2/c1-14(15-7-5-4-6-8-15)21-13-19(17(23)24-3)9-10-20(25-11-12-26-20)18(19,2)16(21)22/h4-8,14H,9-13H2,1-3H3/t14-,18+,19+/m1/s1. The summed E-state index contributed by atoms with van der Waals surface area (Å²) in [5, 5.41) is 0. The zero-order valence-electron chi connectivity index (χ0n) is 15.5. The summed E-state index contributed by atoms with van der Waals surface area (Å²) in [6.07, 6.45) is 1.62. The Bertz CT molecular complexity index is 734. The first kappa shape index (κ1) is 18.2. The first-order valence-corrected chi connectivity index (χ1v) is 11.1. The maximum Gasteiger partial charge on any atom is 0.314 e. The molecular formula is C20H25NO3S2. The van der Waals surface area contributed by atoms with Crippen molar-refractivity contribution in [3.63, 3.8) is 0 Å². The molecule has 140 valence electrons. The monoisotopic (exact) mass is 391 g/mol. The summed E-state index contributed by atoms with van der Waals surface area (Å²) in [5.41, 5.74) is -0.362. The van der Waals surface area contributed by atoms with Gasteiger partial charge in [-0.25, -0.2) is 0 Å². The molecule has 2 aliphatic heterocycles. The van der Waals surface area contributed by atoms with Crippen LogP contribution >= 0.6 is 23.5 Å². The Morgan fingerprint density at radius 2 is 1.85 bits per heavy atom. The Kier molecular flexibility index (Phi) is 4.35. The molecule has 4 nitrogen and oxygen atoms in total. The second kappa shape index (κ2) is 6.20. The van der Waals surface area contributed by atoms with E-state index in [-0.39, 0.29) is 22.0 Å². The average Bonchev–Trinajstić information content (AvgIpc) is 3.31. The molecule has 1 spiro atoms. The molecule has 2 saturated heterocycles. The Balaban J connectivity index is 1.79. The molecule has 0 unspecified atom stereocenters. The summed E-state index contributed by atoms with van der Waals surface area (Å²) in [7, 11) is 1.45. The molecule has 26 heavy (non-hydrogen) atoms. The van der Waals surface area contributed by atoms with Crippen molar-refractivity contribution in [1.29, 1.82) is 0 Å². The van der Waals surface area contributed by atoms with Crippen molar-refractivity contribution in [2.45, 2.75) is 36.8 Å². The summed E-state index contributed by atoms with van der Waals surface area (Å²) in [4.78, 5) is 28.7. The topological polar surface area (TPSA) is 46.6 Å².